The molecule has 0 spiro atoms. The second-order valence-corrected chi connectivity index (χ2v) is 8.65. The van der Waals surface area contributed by atoms with Crippen LogP contribution in [-0.4, -0.2) is 30.5 Å². The minimum absolute atomic E-state index is 0.263. The Hall–Kier alpha value is -2.30. The van der Waals surface area contributed by atoms with E-state index in [4.69, 9.17) is 9.47 Å². The molecule has 0 aliphatic carbocycles. The molecule has 0 saturated heterocycles. The topological polar surface area (TPSA) is 84.9 Å². The van der Waals surface area contributed by atoms with E-state index in [1.54, 1.807) is 42.5 Å². The number of ether oxygens (including phenoxy) is 2. The molecule has 2 aromatic carbocycles. The average Bonchev–Trinajstić information content (AvgIpc) is 2.71. The summed E-state index contributed by atoms with van der Waals surface area (Å²) in [6.45, 7) is 3.05. The normalized spacial score (nSPS) is 12.8. The van der Waals surface area contributed by atoms with Gasteiger partial charge in [0.25, 0.3) is 7.37 Å². The van der Waals surface area contributed by atoms with Crippen LogP contribution in [0.5, 0.6) is 5.75 Å². The van der Waals surface area contributed by atoms with Gasteiger partial charge in [-0.2, -0.15) is 0 Å². The van der Waals surface area contributed by atoms with Gasteiger partial charge in [0.2, 0.25) is 0 Å². The lowest BCUT2D eigenvalue weighted by molar-refractivity contribution is 0.144. The van der Waals surface area contributed by atoms with E-state index in [1.165, 1.54) is 0 Å². The monoisotopic (exact) mass is 405 g/mol. The molecule has 1 atom stereocenters. The third-order valence-corrected chi connectivity index (χ3v) is 5.72. The molecule has 0 saturated carbocycles. The number of nitrogens with one attached hydrogen (secondary N) is 1. The molecule has 6 nitrogen and oxygen atoms in total. The van der Waals surface area contributed by atoms with Crippen LogP contribution in [0.1, 0.15) is 31.7 Å². The van der Waals surface area contributed by atoms with Crippen molar-refractivity contribution in [3.05, 3.63) is 60.2 Å². The van der Waals surface area contributed by atoms with Crippen molar-refractivity contribution in [1.82, 2.24) is 5.32 Å². The van der Waals surface area contributed by atoms with Crippen molar-refractivity contribution in [3.63, 3.8) is 0 Å². The minimum atomic E-state index is -3.54. The Kier molecular flexibility index (Phi) is 9.05. The van der Waals surface area contributed by atoms with Crippen LogP contribution in [0, 0.1) is 0 Å². The molecule has 2 N–H and O–H groups in total. The second kappa shape index (κ2) is 11.5. The van der Waals surface area contributed by atoms with Crippen LogP contribution in [0.2, 0.25) is 0 Å². The molecule has 2 aromatic rings. The SMILES string of the molecule is CCCCOC(=O)NCCCc1ccc(OCP(=O)(O)c2ccccc2)cc1. The molecule has 28 heavy (non-hydrogen) atoms. The van der Waals surface area contributed by atoms with Crippen molar-refractivity contribution in [2.75, 3.05) is 19.5 Å². The molecule has 7 heteroatoms. The Balaban J connectivity index is 1.70. The Morgan fingerprint density at radius 1 is 1.07 bits per heavy atom. The molecule has 0 aromatic heterocycles. The highest BCUT2D eigenvalue weighted by atomic mass is 31.2. The van der Waals surface area contributed by atoms with E-state index in [2.05, 4.69) is 5.32 Å². The number of alkyl carbamates (subject to hydrolysis) is 1. The number of hydrogen-bond acceptors (Lipinski definition) is 4. The Morgan fingerprint density at radius 2 is 1.79 bits per heavy atom. The number of benzene rings is 2. The summed E-state index contributed by atoms with van der Waals surface area (Å²) in [5.74, 6) is 0.548. The summed E-state index contributed by atoms with van der Waals surface area (Å²) in [5.41, 5.74) is 1.10. The van der Waals surface area contributed by atoms with E-state index in [9.17, 15) is 14.3 Å². The number of amides is 1. The maximum absolute atomic E-state index is 12.4. The molecule has 0 aliphatic heterocycles. The minimum Gasteiger partial charge on any atom is -0.483 e. The quantitative estimate of drug-likeness (QED) is 0.435. The highest BCUT2D eigenvalue weighted by Crippen LogP contribution is 2.39. The maximum Gasteiger partial charge on any atom is 0.407 e. The largest absolute Gasteiger partial charge is 0.483 e. The van der Waals surface area contributed by atoms with Crippen molar-refractivity contribution in [2.24, 2.45) is 0 Å². The Morgan fingerprint density at radius 3 is 2.46 bits per heavy atom. The average molecular weight is 405 g/mol. The van der Waals surface area contributed by atoms with Gasteiger partial charge in [-0.05, 0) is 49.1 Å². The summed E-state index contributed by atoms with van der Waals surface area (Å²) in [7, 11) is -3.54. The van der Waals surface area contributed by atoms with Crippen LogP contribution in [-0.2, 0) is 15.7 Å². The molecular formula is C21H28NO5P. The molecule has 1 amide bonds. The Bertz CT molecular complexity index is 764. The molecule has 0 heterocycles. The molecule has 0 aliphatic rings. The first-order chi connectivity index (χ1) is 13.5. The van der Waals surface area contributed by atoms with E-state index in [0.717, 1.165) is 31.2 Å². The molecule has 1 unspecified atom stereocenters. The lowest BCUT2D eigenvalue weighted by atomic mass is 10.1. The van der Waals surface area contributed by atoms with Gasteiger partial charge in [-0.3, -0.25) is 4.57 Å². The van der Waals surface area contributed by atoms with E-state index < -0.39 is 7.37 Å². The van der Waals surface area contributed by atoms with Gasteiger partial charge >= 0.3 is 6.09 Å². The lowest BCUT2D eigenvalue weighted by Crippen LogP contribution is -2.25. The molecular weight excluding hydrogens is 377 g/mol. The van der Waals surface area contributed by atoms with Crippen LogP contribution >= 0.6 is 7.37 Å². The molecule has 0 bridgehead atoms. The predicted molar refractivity (Wildman–Crippen MR) is 110 cm³/mol. The number of unbranched alkanes of at least 4 members (excludes halogenated alkanes) is 1. The van der Waals surface area contributed by atoms with Gasteiger partial charge in [0, 0.05) is 11.8 Å². The van der Waals surface area contributed by atoms with Crippen LogP contribution in [0.15, 0.2) is 54.6 Å². The number of carbonyl (C=O) groups is 1. The number of rotatable bonds is 11. The second-order valence-electron chi connectivity index (χ2n) is 6.47. The maximum atomic E-state index is 12.4. The lowest BCUT2D eigenvalue weighted by Gasteiger charge is -2.13. The molecule has 0 fully saturated rings. The zero-order valence-electron chi connectivity index (χ0n) is 16.2. The van der Waals surface area contributed by atoms with Crippen LogP contribution in [0.25, 0.3) is 0 Å². The first kappa shape index (κ1) is 22.0. The summed E-state index contributed by atoms with van der Waals surface area (Å²) in [5, 5.41) is 3.11. The molecule has 0 radical (unpaired) electrons. The van der Waals surface area contributed by atoms with Crippen molar-refractivity contribution in [2.45, 2.75) is 32.6 Å². The zero-order chi connectivity index (χ0) is 20.2. The zero-order valence-corrected chi connectivity index (χ0v) is 17.1. The first-order valence-electron chi connectivity index (χ1n) is 9.51. The van der Waals surface area contributed by atoms with Gasteiger partial charge < -0.3 is 19.7 Å². The van der Waals surface area contributed by atoms with Crippen molar-refractivity contribution < 1.29 is 23.7 Å². The highest BCUT2D eigenvalue weighted by Gasteiger charge is 2.21. The summed E-state index contributed by atoms with van der Waals surface area (Å²) in [6.07, 6.45) is 2.83. The van der Waals surface area contributed by atoms with Gasteiger partial charge in [0.15, 0.2) is 6.35 Å². The molecule has 2 rings (SSSR count). The number of aryl methyl sites for hydroxylation is 1. The van der Waals surface area contributed by atoms with Gasteiger partial charge in [0.1, 0.15) is 5.75 Å². The third kappa shape index (κ3) is 7.75. The van der Waals surface area contributed by atoms with Gasteiger partial charge in [-0.15, -0.1) is 0 Å². The number of hydrogen-bond donors (Lipinski definition) is 2. The van der Waals surface area contributed by atoms with Crippen molar-refractivity contribution in [3.8, 4) is 5.75 Å². The van der Waals surface area contributed by atoms with E-state index in [1.807, 2.05) is 19.1 Å². The molecule has 152 valence electrons. The standard InChI is InChI=1S/C21H28NO5P/c1-2-3-16-26-21(23)22-15-7-8-18-11-13-19(14-12-18)27-17-28(24,25)20-9-5-4-6-10-20/h4-6,9-14H,2-3,7-8,15-17H2,1H3,(H,22,23)(H,24,25). The van der Waals surface area contributed by atoms with E-state index in [0.29, 0.717) is 24.2 Å². The fourth-order valence-electron chi connectivity index (χ4n) is 2.49. The summed E-state index contributed by atoms with van der Waals surface area (Å²) >= 11 is 0. The summed E-state index contributed by atoms with van der Waals surface area (Å²) < 4.78 is 22.9. The van der Waals surface area contributed by atoms with Gasteiger partial charge in [-0.1, -0.05) is 43.7 Å². The number of carbonyl (C=O) groups excluding carboxylic acids is 1. The van der Waals surface area contributed by atoms with E-state index in [-0.39, 0.29) is 12.4 Å². The van der Waals surface area contributed by atoms with Crippen LogP contribution < -0.4 is 15.4 Å². The predicted octanol–water partition coefficient (Wildman–Crippen LogP) is 4.08. The first-order valence-corrected chi connectivity index (χ1v) is 11.4. The van der Waals surface area contributed by atoms with Gasteiger partial charge in [0.05, 0.1) is 6.61 Å². The summed E-state index contributed by atoms with van der Waals surface area (Å²) in [6, 6.07) is 15.9. The van der Waals surface area contributed by atoms with Gasteiger partial charge in [-0.25, -0.2) is 4.79 Å². The van der Waals surface area contributed by atoms with Crippen LogP contribution in [0.3, 0.4) is 0 Å². The fourth-order valence-corrected chi connectivity index (χ4v) is 3.60. The van der Waals surface area contributed by atoms with Crippen molar-refractivity contribution >= 4 is 18.8 Å². The fraction of sp³-hybridized carbons (Fsp3) is 0.381. The van der Waals surface area contributed by atoms with E-state index >= 15 is 0 Å². The van der Waals surface area contributed by atoms with Crippen molar-refractivity contribution in [1.29, 1.82) is 0 Å². The Labute approximate surface area is 166 Å². The highest BCUT2D eigenvalue weighted by molar-refractivity contribution is 7.65. The van der Waals surface area contributed by atoms with Crippen LogP contribution in [0.4, 0.5) is 4.79 Å². The smallest absolute Gasteiger partial charge is 0.407 e. The third-order valence-electron chi connectivity index (χ3n) is 4.13. The summed E-state index contributed by atoms with van der Waals surface area (Å²) in [4.78, 5) is 21.6.